The van der Waals surface area contributed by atoms with Gasteiger partial charge < -0.3 is 16.0 Å². The number of carbonyl (C=O) groups is 1. The minimum atomic E-state index is -0.395. The Kier molecular flexibility index (Phi) is 4.23. The molecule has 0 atom stereocenters. The van der Waals surface area contributed by atoms with E-state index < -0.39 is 5.78 Å². The van der Waals surface area contributed by atoms with Crippen LogP contribution in [0.4, 0.5) is 16.6 Å². The number of aromatic amines is 1. The van der Waals surface area contributed by atoms with Gasteiger partial charge in [0.15, 0.2) is 5.13 Å². The summed E-state index contributed by atoms with van der Waals surface area (Å²) in [5, 5.41) is 3.92. The molecule has 3 heterocycles. The van der Waals surface area contributed by atoms with Gasteiger partial charge in [-0.3, -0.25) is 9.78 Å². The van der Waals surface area contributed by atoms with E-state index in [0.29, 0.717) is 5.13 Å². The number of H-pyrrole nitrogens is 1. The quantitative estimate of drug-likeness (QED) is 0.437. The lowest BCUT2D eigenvalue weighted by Crippen LogP contribution is -2.04. The molecule has 0 unspecified atom stereocenters. The van der Waals surface area contributed by atoms with Crippen molar-refractivity contribution < 1.29 is 4.79 Å². The highest BCUT2D eigenvalue weighted by atomic mass is 35.5. The maximum atomic E-state index is 12.8. The zero-order valence-electron chi connectivity index (χ0n) is 13.0. The maximum absolute atomic E-state index is 12.8. The molecule has 4 rings (SSSR count). The number of nitrogens with two attached hydrogens (primary N) is 1. The number of benzene rings is 1. The van der Waals surface area contributed by atoms with Crippen molar-refractivity contribution in [2.45, 2.75) is 0 Å². The standard InChI is InChI=1S/C16H10Cl2N6OS/c17-8-4-20-5-9(18)12(8)13(25)14-15(19)24-16(26-14)23-7-1-2-10-11(3-7)22-6-21-10/h1-6H,19H2,(H,21,22)(H,23,24). The summed E-state index contributed by atoms with van der Waals surface area (Å²) in [5.41, 5.74) is 8.59. The Balaban J connectivity index is 1.65. The molecule has 10 heteroatoms. The summed E-state index contributed by atoms with van der Waals surface area (Å²) < 4.78 is 0. The molecular formula is C16H10Cl2N6OS. The summed E-state index contributed by atoms with van der Waals surface area (Å²) in [7, 11) is 0. The third-order valence-corrected chi connectivity index (χ3v) is 5.17. The molecular weight excluding hydrogens is 395 g/mol. The van der Waals surface area contributed by atoms with Crippen molar-refractivity contribution in [2.75, 3.05) is 11.1 Å². The number of aromatic nitrogens is 4. The van der Waals surface area contributed by atoms with Crippen LogP contribution in [-0.2, 0) is 0 Å². The number of nitrogen functional groups attached to an aromatic ring is 1. The largest absolute Gasteiger partial charge is 0.382 e. The summed E-state index contributed by atoms with van der Waals surface area (Å²) in [6.07, 6.45) is 4.33. The Morgan fingerprint density at radius 1 is 1.23 bits per heavy atom. The molecule has 0 radical (unpaired) electrons. The molecule has 7 nitrogen and oxygen atoms in total. The number of anilines is 3. The van der Waals surface area contributed by atoms with E-state index in [1.807, 2.05) is 18.2 Å². The molecule has 4 aromatic rings. The van der Waals surface area contributed by atoms with Crippen molar-refractivity contribution in [2.24, 2.45) is 0 Å². The molecule has 130 valence electrons. The number of hydrogen-bond acceptors (Lipinski definition) is 7. The van der Waals surface area contributed by atoms with Gasteiger partial charge in [-0.2, -0.15) is 0 Å². The van der Waals surface area contributed by atoms with Crippen molar-refractivity contribution in [3.8, 4) is 0 Å². The Bertz CT molecular complexity index is 1120. The number of nitrogens with one attached hydrogen (secondary N) is 2. The molecule has 0 bridgehead atoms. The number of fused-ring (bicyclic) bond motifs is 1. The maximum Gasteiger partial charge on any atom is 0.209 e. The number of rotatable bonds is 4. The fraction of sp³-hybridized carbons (Fsp3) is 0. The lowest BCUT2D eigenvalue weighted by atomic mass is 10.1. The fourth-order valence-electron chi connectivity index (χ4n) is 2.42. The summed E-state index contributed by atoms with van der Waals surface area (Å²) in [6.45, 7) is 0. The molecule has 0 aliphatic carbocycles. The van der Waals surface area contributed by atoms with Gasteiger partial charge in [0.05, 0.1) is 33.0 Å². The van der Waals surface area contributed by atoms with Crippen LogP contribution >= 0.6 is 34.5 Å². The minimum Gasteiger partial charge on any atom is -0.382 e. The zero-order valence-corrected chi connectivity index (χ0v) is 15.3. The summed E-state index contributed by atoms with van der Waals surface area (Å²) >= 11 is 13.2. The number of ketones is 1. The third-order valence-electron chi connectivity index (χ3n) is 3.61. The molecule has 1 aromatic carbocycles. The average Bonchev–Trinajstić information content (AvgIpc) is 3.20. The normalized spacial score (nSPS) is 11.0. The summed E-state index contributed by atoms with van der Waals surface area (Å²) in [4.78, 5) is 28.3. The second kappa shape index (κ2) is 6.56. The van der Waals surface area contributed by atoms with Crippen LogP contribution in [0, 0.1) is 0 Å². The Labute approximate surface area is 161 Å². The van der Waals surface area contributed by atoms with E-state index in [-0.39, 0.29) is 26.3 Å². The van der Waals surface area contributed by atoms with Crippen LogP contribution in [-0.4, -0.2) is 25.7 Å². The Morgan fingerprint density at radius 2 is 2.00 bits per heavy atom. The van der Waals surface area contributed by atoms with Gasteiger partial charge in [0.25, 0.3) is 0 Å². The van der Waals surface area contributed by atoms with Crippen LogP contribution in [0.1, 0.15) is 15.2 Å². The number of halogens is 2. The second-order valence-electron chi connectivity index (χ2n) is 5.30. The molecule has 0 aliphatic heterocycles. The van der Waals surface area contributed by atoms with E-state index in [9.17, 15) is 4.79 Å². The lowest BCUT2D eigenvalue weighted by molar-refractivity contribution is 0.104. The smallest absolute Gasteiger partial charge is 0.209 e. The highest BCUT2D eigenvalue weighted by Gasteiger charge is 2.23. The predicted molar refractivity (Wildman–Crippen MR) is 104 cm³/mol. The van der Waals surface area contributed by atoms with Crippen LogP contribution in [0.25, 0.3) is 11.0 Å². The number of carbonyl (C=O) groups excluding carboxylic acids is 1. The lowest BCUT2D eigenvalue weighted by Gasteiger charge is -2.03. The van der Waals surface area contributed by atoms with Gasteiger partial charge in [0.2, 0.25) is 5.78 Å². The number of nitrogens with zero attached hydrogens (tertiary/aromatic N) is 3. The topological polar surface area (TPSA) is 110 Å². The Hall–Kier alpha value is -2.68. The summed E-state index contributed by atoms with van der Waals surface area (Å²) in [5.74, 6) is -0.291. The van der Waals surface area contributed by atoms with Crippen molar-refractivity contribution in [3.05, 3.63) is 57.4 Å². The SMILES string of the molecule is Nc1nc(Nc2ccc3[nH]cnc3c2)sc1C(=O)c1c(Cl)cncc1Cl. The molecule has 0 saturated carbocycles. The van der Waals surface area contributed by atoms with E-state index in [2.05, 4.69) is 25.3 Å². The van der Waals surface area contributed by atoms with Crippen molar-refractivity contribution in [1.82, 2.24) is 19.9 Å². The fourth-order valence-corrected chi connectivity index (χ4v) is 3.81. The number of thiazole rings is 1. The molecule has 4 N–H and O–H groups in total. The van der Waals surface area contributed by atoms with Gasteiger partial charge in [0, 0.05) is 18.1 Å². The first-order valence-electron chi connectivity index (χ1n) is 7.33. The molecule has 0 fully saturated rings. The second-order valence-corrected chi connectivity index (χ2v) is 7.11. The van der Waals surface area contributed by atoms with Crippen molar-refractivity contribution >= 4 is 68.0 Å². The average molecular weight is 405 g/mol. The first kappa shape index (κ1) is 16.8. The molecule has 26 heavy (non-hydrogen) atoms. The van der Waals surface area contributed by atoms with Gasteiger partial charge in [-0.25, -0.2) is 9.97 Å². The van der Waals surface area contributed by atoms with E-state index >= 15 is 0 Å². The predicted octanol–water partition coefficient (Wildman–Crippen LogP) is 4.28. The van der Waals surface area contributed by atoms with Crippen LogP contribution < -0.4 is 11.1 Å². The first-order valence-corrected chi connectivity index (χ1v) is 8.90. The highest BCUT2D eigenvalue weighted by Crippen LogP contribution is 2.33. The molecule has 0 spiro atoms. The first-order chi connectivity index (χ1) is 12.5. The van der Waals surface area contributed by atoms with E-state index in [4.69, 9.17) is 28.9 Å². The van der Waals surface area contributed by atoms with E-state index in [0.717, 1.165) is 28.1 Å². The monoisotopic (exact) mass is 404 g/mol. The van der Waals surface area contributed by atoms with Crippen molar-refractivity contribution in [3.63, 3.8) is 0 Å². The molecule has 3 aromatic heterocycles. The number of pyridine rings is 1. The number of hydrogen-bond donors (Lipinski definition) is 3. The Morgan fingerprint density at radius 3 is 2.77 bits per heavy atom. The van der Waals surface area contributed by atoms with Crippen LogP contribution in [0.15, 0.2) is 36.9 Å². The van der Waals surface area contributed by atoms with Gasteiger partial charge in [-0.15, -0.1) is 0 Å². The van der Waals surface area contributed by atoms with E-state index in [1.54, 1.807) is 6.33 Å². The van der Waals surface area contributed by atoms with Crippen molar-refractivity contribution in [1.29, 1.82) is 0 Å². The van der Waals surface area contributed by atoms with Gasteiger partial charge in [-0.05, 0) is 18.2 Å². The van der Waals surface area contributed by atoms with Gasteiger partial charge >= 0.3 is 0 Å². The molecule has 0 saturated heterocycles. The highest BCUT2D eigenvalue weighted by molar-refractivity contribution is 7.18. The number of imidazole rings is 1. The third kappa shape index (κ3) is 2.98. The van der Waals surface area contributed by atoms with Gasteiger partial charge in [-0.1, -0.05) is 34.5 Å². The van der Waals surface area contributed by atoms with E-state index in [1.165, 1.54) is 12.4 Å². The minimum absolute atomic E-state index is 0.104. The molecule has 0 aliphatic rings. The zero-order chi connectivity index (χ0) is 18.3. The van der Waals surface area contributed by atoms with Gasteiger partial charge in [0.1, 0.15) is 10.7 Å². The van der Waals surface area contributed by atoms with Crippen LogP contribution in [0.2, 0.25) is 10.0 Å². The van der Waals surface area contributed by atoms with Crippen LogP contribution in [0.5, 0.6) is 0 Å². The molecule has 0 amide bonds. The van der Waals surface area contributed by atoms with Crippen LogP contribution in [0.3, 0.4) is 0 Å². The summed E-state index contributed by atoms with van der Waals surface area (Å²) in [6, 6.07) is 5.63.